The highest BCUT2D eigenvalue weighted by Crippen LogP contribution is 2.37. The van der Waals surface area contributed by atoms with E-state index in [0.29, 0.717) is 26.1 Å². The van der Waals surface area contributed by atoms with Crippen LogP contribution in [0.1, 0.15) is 46.5 Å². The predicted octanol–water partition coefficient (Wildman–Crippen LogP) is 1.24. The van der Waals surface area contributed by atoms with Gasteiger partial charge in [-0.25, -0.2) is 4.79 Å². The molecule has 0 bridgehead atoms. The first-order valence-electron chi connectivity index (χ1n) is 7.78. The zero-order valence-electron chi connectivity index (χ0n) is 13.3. The lowest BCUT2D eigenvalue weighted by Crippen LogP contribution is -2.57. The average Bonchev–Trinajstić information content (AvgIpc) is 2.63. The van der Waals surface area contributed by atoms with Crippen LogP contribution < -0.4 is 11.1 Å². The molecule has 0 aromatic carbocycles. The van der Waals surface area contributed by atoms with E-state index in [9.17, 15) is 9.59 Å². The number of nitrogens with two attached hydrogens (primary N) is 1. The molecule has 21 heavy (non-hydrogen) atoms. The number of ether oxygens (including phenoxy) is 1. The monoisotopic (exact) mass is 297 g/mol. The third kappa shape index (κ3) is 3.21. The molecule has 0 radical (unpaired) electrons. The van der Waals surface area contributed by atoms with Crippen molar-refractivity contribution in [2.45, 2.75) is 57.6 Å². The third-order valence-electron chi connectivity index (χ3n) is 4.41. The van der Waals surface area contributed by atoms with Crippen molar-refractivity contribution in [3.63, 3.8) is 0 Å². The van der Waals surface area contributed by atoms with Gasteiger partial charge in [0.1, 0.15) is 5.54 Å². The molecule has 1 aliphatic heterocycles. The van der Waals surface area contributed by atoms with Crippen LogP contribution in [0.25, 0.3) is 0 Å². The molecule has 2 aliphatic rings. The minimum atomic E-state index is -0.772. The molecule has 2 unspecified atom stereocenters. The number of urea groups is 1. The van der Waals surface area contributed by atoms with Crippen LogP contribution in [-0.4, -0.2) is 47.7 Å². The van der Waals surface area contributed by atoms with Crippen LogP contribution in [0.15, 0.2) is 0 Å². The van der Waals surface area contributed by atoms with Crippen molar-refractivity contribution in [1.29, 1.82) is 0 Å². The summed E-state index contributed by atoms with van der Waals surface area (Å²) >= 11 is 0. The van der Waals surface area contributed by atoms with Crippen molar-refractivity contribution >= 4 is 11.9 Å². The van der Waals surface area contributed by atoms with Crippen LogP contribution in [0.5, 0.6) is 0 Å². The summed E-state index contributed by atoms with van der Waals surface area (Å²) < 4.78 is 5.62. The first kappa shape index (κ1) is 16.2. The number of hydrogen-bond acceptors (Lipinski definition) is 4. The highest BCUT2D eigenvalue weighted by atomic mass is 16.5. The van der Waals surface area contributed by atoms with Crippen LogP contribution in [0.4, 0.5) is 4.79 Å². The summed E-state index contributed by atoms with van der Waals surface area (Å²) in [5.74, 6) is -0.0867. The molecule has 120 valence electrons. The van der Waals surface area contributed by atoms with Crippen molar-refractivity contribution in [1.82, 2.24) is 10.2 Å². The number of imide groups is 1. The lowest BCUT2D eigenvalue weighted by atomic mass is 9.72. The minimum absolute atomic E-state index is 0.0382. The van der Waals surface area contributed by atoms with E-state index in [1.165, 1.54) is 4.90 Å². The fourth-order valence-corrected chi connectivity index (χ4v) is 3.30. The van der Waals surface area contributed by atoms with Gasteiger partial charge in [-0.15, -0.1) is 0 Å². The normalized spacial score (nSPS) is 30.1. The Morgan fingerprint density at radius 3 is 2.71 bits per heavy atom. The Balaban J connectivity index is 2.05. The van der Waals surface area contributed by atoms with Crippen LogP contribution >= 0.6 is 0 Å². The molecule has 1 spiro atoms. The Labute approximate surface area is 126 Å². The first-order chi connectivity index (χ1) is 9.80. The molecule has 0 aromatic heterocycles. The smallest absolute Gasteiger partial charge is 0.325 e. The molecule has 3 amide bonds. The molecular formula is C15H27N3O3. The van der Waals surface area contributed by atoms with Gasteiger partial charge in [-0.05, 0) is 40.2 Å². The van der Waals surface area contributed by atoms with Crippen molar-refractivity contribution in [3.05, 3.63) is 0 Å². The molecule has 3 N–H and O–H groups in total. The fourth-order valence-electron chi connectivity index (χ4n) is 3.30. The summed E-state index contributed by atoms with van der Waals surface area (Å²) in [4.78, 5) is 26.2. The van der Waals surface area contributed by atoms with Crippen LogP contribution in [-0.2, 0) is 9.53 Å². The van der Waals surface area contributed by atoms with E-state index in [4.69, 9.17) is 10.5 Å². The maximum absolute atomic E-state index is 12.7. The molecule has 2 atom stereocenters. The molecule has 2 rings (SSSR count). The van der Waals surface area contributed by atoms with Gasteiger partial charge in [0.05, 0.1) is 18.8 Å². The summed E-state index contributed by atoms with van der Waals surface area (Å²) in [5, 5.41) is 2.92. The topological polar surface area (TPSA) is 84.7 Å². The van der Waals surface area contributed by atoms with Crippen LogP contribution in [0.3, 0.4) is 0 Å². The Hall–Kier alpha value is -1.14. The summed E-state index contributed by atoms with van der Waals surface area (Å²) in [6.45, 7) is 6.93. The van der Waals surface area contributed by atoms with Crippen molar-refractivity contribution in [3.8, 4) is 0 Å². The standard InChI is InChI=1S/C15H27N3O3/c1-14(2,3)21-9-8-18-12(19)15(17-13(18)20)7-5-4-6-11(15)10-16/h11H,4-10,16H2,1-3H3,(H,17,20). The zero-order chi connectivity index (χ0) is 15.7. The maximum Gasteiger partial charge on any atom is 0.325 e. The number of amides is 3. The third-order valence-corrected chi connectivity index (χ3v) is 4.41. The number of hydrogen-bond donors (Lipinski definition) is 2. The van der Waals surface area contributed by atoms with E-state index < -0.39 is 5.54 Å². The summed E-state index contributed by atoms with van der Waals surface area (Å²) in [5.41, 5.74) is 4.77. The van der Waals surface area contributed by atoms with Crippen LogP contribution in [0, 0.1) is 5.92 Å². The first-order valence-corrected chi connectivity index (χ1v) is 7.78. The fraction of sp³-hybridized carbons (Fsp3) is 0.867. The molecular weight excluding hydrogens is 270 g/mol. The van der Waals surface area contributed by atoms with E-state index in [0.717, 1.165) is 19.3 Å². The molecule has 6 nitrogen and oxygen atoms in total. The van der Waals surface area contributed by atoms with Gasteiger partial charge in [-0.3, -0.25) is 9.69 Å². The van der Waals surface area contributed by atoms with Gasteiger partial charge >= 0.3 is 6.03 Å². The van der Waals surface area contributed by atoms with Gasteiger partial charge < -0.3 is 15.8 Å². The molecule has 1 saturated heterocycles. The molecule has 1 saturated carbocycles. The van der Waals surface area contributed by atoms with Crippen molar-refractivity contribution in [2.24, 2.45) is 11.7 Å². The summed E-state index contributed by atoms with van der Waals surface area (Å²) in [6.07, 6.45) is 3.61. The number of carbonyl (C=O) groups is 2. The van der Waals surface area contributed by atoms with E-state index >= 15 is 0 Å². The summed E-state index contributed by atoms with van der Waals surface area (Å²) in [7, 11) is 0. The Morgan fingerprint density at radius 1 is 1.38 bits per heavy atom. The lowest BCUT2D eigenvalue weighted by Gasteiger charge is -2.38. The number of nitrogens with zero attached hydrogens (tertiary/aromatic N) is 1. The van der Waals surface area contributed by atoms with E-state index in [2.05, 4.69) is 5.32 Å². The zero-order valence-corrected chi connectivity index (χ0v) is 13.3. The molecule has 1 heterocycles. The summed E-state index contributed by atoms with van der Waals surface area (Å²) in [6, 6.07) is -0.308. The van der Waals surface area contributed by atoms with Gasteiger partial charge in [-0.1, -0.05) is 12.8 Å². The second-order valence-corrected chi connectivity index (χ2v) is 7.00. The highest BCUT2D eigenvalue weighted by Gasteiger charge is 2.55. The van der Waals surface area contributed by atoms with Gasteiger partial charge in [-0.2, -0.15) is 0 Å². The minimum Gasteiger partial charge on any atom is -0.374 e. The molecule has 1 aliphatic carbocycles. The SMILES string of the molecule is CC(C)(C)OCCN1C(=O)NC2(CCCCC2CN)C1=O. The van der Waals surface area contributed by atoms with Gasteiger partial charge in [0.15, 0.2) is 0 Å². The van der Waals surface area contributed by atoms with Crippen LogP contribution in [0.2, 0.25) is 0 Å². The van der Waals surface area contributed by atoms with Crippen molar-refractivity contribution in [2.75, 3.05) is 19.7 Å². The molecule has 0 aromatic rings. The Bertz CT molecular complexity index is 419. The van der Waals surface area contributed by atoms with Gasteiger partial charge in [0.25, 0.3) is 5.91 Å². The largest absolute Gasteiger partial charge is 0.374 e. The maximum atomic E-state index is 12.7. The van der Waals surface area contributed by atoms with Gasteiger partial charge in [0.2, 0.25) is 0 Å². The predicted molar refractivity (Wildman–Crippen MR) is 79.7 cm³/mol. The lowest BCUT2D eigenvalue weighted by molar-refractivity contribution is -0.135. The number of rotatable bonds is 4. The van der Waals surface area contributed by atoms with E-state index in [1.54, 1.807) is 0 Å². The number of nitrogens with one attached hydrogen (secondary N) is 1. The quantitative estimate of drug-likeness (QED) is 0.765. The second-order valence-electron chi connectivity index (χ2n) is 7.00. The molecule has 6 heteroatoms. The van der Waals surface area contributed by atoms with E-state index in [-0.39, 0.29) is 23.5 Å². The second kappa shape index (κ2) is 5.93. The van der Waals surface area contributed by atoms with E-state index in [1.807, 2.05) is 20.8 Å². The Morgan fingerprint density at radius 2 is 2.10 bits per heavy atom. The Kier molecular flexibility index (Phi) is 4.58. The number of carbonyl (C=O) groups excluding carboxylic acids is 2. The molecule has 2 fully saturated rings. The highest BCUT2D eigenvalue weighted by molar-refractivity contribution is 6.07. The van der Waals surface area contributed by atoms with Crippen molar-refractivity contribution < 1.29 is 14.3 Å². The average molecular weight is 297 g/mol. The van der Waals surface area contributed by atoms with Gasteiger partial charge in [0, 0.05) is 5.92 Å².